The van der Waals surface area contributed by atoms with Gasteiger partial charge in [-0.3, -0.25) is 0 Å². The number of imidazole rings is 1. The Morgan fingerprint density at radius 1 is 1.62 bits per heavy atom. The highest BCUT2D eigenvalue weighted by Gasteiger charge is 2.18. The summed E-state index contributed by atoms with van der Waals surface area (Å²) in [6, 6.07) is -0.955. The molecule has 0 spiro atoms. The van der Waals surface area contributed by atoms with E-state index in [1.54, 1.807) is 6.20 Å². The molecule has 0 unspecified atom stereocenters. The zero-order chi connectivity index (χ0) is 11.4. The van der Waals surface area contributed by atoms with Crippen molar-refractivity contribution in [3.63, 3.8) is 0 Å². The van der Waals surface area contributed by atoms with Crippen molar-refractivity contribution >= 4 is 5.97 Å². The molecule has 2 heterocycles. The second-order valence-electron chi connectivity index (χ2n) is 3.00. The van der Waals surface area contributed by atoms with Crippen molar-refractivity contribution in [1.29, 1.82) is 0 Å². The van der Waals surface area contributed by atoms with Gasteiger partial charge in [-0.05, 0) is 5.21 Å². The molecular weight excluding hydrogens is 214 g/mol. The molecule has 0 aliphatic carbocycles. The van der Waals surface area contributed by atoms with E-state index < -0.39 is 12.0 Å². The van der Waals surface area contributed by atoms with Crippen LogP contribution in [0.25, 0.3) is 0 Å². The Balaban J connectivity index is 1.90. The van der Waals surface area contributed by atoms with Gasteiger partial charge >= 0.3 is 12.0 Å². The Kier molecular flexibility index (Phi) is 2.87. The molecule has 0 saturated carbocycles. The summed E-state index contributed by atoms with van der Waals surface area (Å²) in [5.74, 6) is -0.629. The fraction of sp³-hybridized carbons (Fsp3) is 0.286. The van der Waals surface area contributed by atoms with Gasteiger partial charge in [-0.1, -0.05) is 10.2 Å². The van der Waals surface area contributed by atoms with Gasteiger partial charge in [0.1, 0.15) is 6.04 Å². The summed E-state index contributed by atoms with van der Waals surface area (Å²) >= 11 is 0. The zero-order valence-electron chi connectivity index (χ0n) is 8.12. The molecule has 84 valence electrons. The second-order valence-corrected chi connectivity index (χ2v) is 3.00. The molecule has 0 saturated heterocycles. The summed E-state index contributed by atoms with van der Waals surface area (Å²) in [7, 11) is 0. The number of aromatic amines is 2. The van der Waals surface area contributed by atoms with Crippen LogP contribution in [0.1, 0.15) is 5.69 Å². The lowest BCUT2D eigenvalue weighted by molar-refractivity contribution is -0.136. The highest BCUT2D eigenvalue weighted by molar-refractivity contribution is 5.77. The molecule has 0 fully saturated rings. The first kappa shape index (κ1) is 10.2. The van der Waals surface area contributed by atoms with Crippen molar-refractivity contribution in [1.82, 2.24) is 30.6 Å². The van der Waals surface area contributed by atoms with Crippen LogP contribution in [-0.2, 0) is 11.2 Å². The van der Waals surface area contributed by atoms with Crippen molar-refractivity contribution in [2.45, 2.75) is 12.5 Å². The van der Waals surface area contributed by atoms with E-state index in [4.69, 9.17) is 10.5 Å². The van der Waals surface area contributed by atoms with E-state index >= 15 is 0 Å². The van der Waals surface area contributed by atoms with Gasteiger partial charge in [0.15, 0.2) is 0 Å². The van der Waals surface area contributed by atoms with E-state index in [0.29, 0.717) is 6.42 Å². The summed E-state index contributed by atoms with van der Waals surface area (Å²) in [5.41, 5.74) is 6.36. The first-order valence-corrected chi connectivity index (χ1v) is 4.43. The number of hydrogen-bond donors (Lipinski definition) is 3. The Bertz CT molecular complexity index is 437. The lowest BCUT2D eigenvalue weighted by Crippen LogP contribution is -2.36. The van der Waals surface area contributed by atoms with Crippen LogP contribution in [0.4, 0.5) is 0 Å². The number of tetrazole rings is 1. The monoisotopic (exact) mass is 223 g/mol. The molecule has 0 aliphatic heterocycles. The first-order chi connectivity index (χ1) is 7.75. The zero-order valence-corrected chi connectivity index (χ0v) is 8.12. The van der Waals surface area contributed by atoms with Gasteiger partial charge in [-0.2, -0.15) is 5.21 Å². The molecule has 2 aromatic rings. The van der Waals surface area contributed by atoms with Gasteiger partial charge in [0, 0.05) is 18.3 Å². The minimum atomic E-state index is -0.807. The maximum Gasteiger partial charge on any atom is 0.363 e. The third kappa shape index (κ3) is 2.39. The Morgan fingerprint density at radius 3 is 3.12 bits per heavy atom. The van der Waals surface area contributed by atoms with Gasteiger partial charge in [-0.25, -0.2) is 9.78 Å². The predicted octanol–water partition coefficient (Wildman–Crippen LogP) is -1.60. The van der Waals surface area contributed by atoms with Crippen LogP contribution in [0, 0.1) is 0 Å². The van der Waals surface area contributed by atoms with Crippen LogP contribution in [0.5, 0.6) is 6.01 Å². The summed E-state index contributed by atoms with van der Waals surface area (Å²) in [5, 5.41) is 12.3. The highest BCUT2D eigenvalue weighted by Crippen LogP contribution is 2.01. The maximum absolute atomic E-state index is 11.4. The van der Waals surface area contributed by atoms with Gasteiger partial charge in [0.2, 0.25) is 0 Å². The largest absolute Gasteiger partial charge is 0.387 e. The minimum absolute atomic E-state index is 0.148. The number of ether oxygens (including phenoxy) is 1. The van der Waals surface area contributed by atoms with Crippen LogP contribution in [0.3, 0.4) is 0 Å². The molecule has 0 radical (unpaired) electrons. The lowest BCUT2D eigenvalue weighted by atomic mass is 10.2. The van der Waals surface area contributed by atoms with Crippen molar-refractivity contribution in [2.24, 2.45) is 5.73 Å². The summed E-state index contributed by atoms with van der Waals surface area (Å²) in [6.07, 6.45) is 3.39. The molecular formula is C7H9N7O2. The maximum atomic E-state index is 11.4. The van der Waals surface area contributed by atoms with Crippen molar-refractivity contribution in [3.8, 4) is 6.01 Å². The third-order valence-corrected chi connectivity index (χ3v) is 1.82. The predicted molar refractivity (Wildman–Crippen MR) is 50.1 cm³/mol. The Morgan fingerprint density at radius 2 is 2.50 bits per heavy atom. The van der Waals surface area contributed by atoms with Crippen LogP contribution < -0.4 is 10.5 Å². The molecule has 0 aliphatic rings. The Hall–Kier alpha value is -2.29. The highest BCUT2D eigenvalue weighted by atomic mass is 16.6. The number of carbonyl (C=O) groups excluding carboxylic acids is 1. The standard InChI is InChI=1S/C7H9N7O2/c8-5(1-4-2-9-3-10-4)6(15)16-7-11-13-14-12-7/h2-3,5H,1,8H2,(H,9,10)(H,11,12,13,14)/t5-/m0/s1. The van der Waals surface area contributed by atoms with Crippen molar-refractivity contribution in [2.75, 3.05) is 0 Å². The molecule has 16 heavy (non-hydrogen) atoms. The second kappa shape index (κ2) is 4.49. The van der Waals surface area contributed by atoms with Crippen LogP contribution in [0.15, 0.2) is 12.5 Å². The number of hydrogen-bond acceptors (Lipinski definition) is 7. The van der Waals surface area contributed by atoms with Crippen LogP contribution in [0.2, 0.25) is 0 Å². The topological polar surface area (TPSA) is 135 Å². The average Bonchev–Trinajstić information content (AvgIpc) is 2.90. The van der Waals surface area contributed by atoms with Gasteiger partial charge in [0.25, 0.3) is 0 Å². The molecule has 9 heteroatoms. The molecule has 2 aromatic heterocycles. The van der Waals surface area contributed by atoms with E-state index in [0.717, 1.165) is 5.69 Å². The molecule has 9 nitrogen and oxygen atoms in total. The molecule has 0 amide bonds. The molecule has 1 atom stereocenters. The number of nitrogens with two attached hydrogens (primary N) is 1. The fourth-order valence-electron chi connectivity index (χ4n) is 1.08. The first-order valence-electron chi connectivity index (χ1n) is 4.43. The summed E-state index contributed by atoms with van der Waals surface area (Å²) in [6.45, 7) is 0. The average molecular weight is 223 g/mol. The number of nitrogens with one attached hydrogen (secondary N) is 2. The smallest absolute Gasteiger partial charge is 0.363 e. The van der Waals surface area contributed by atoms with E-state index in [1.165, 1.54) is 6.33 Å². The van der Waals surface area contributed by atoms with E-state index in [-0.39, 0.29) is 6.01 Å². The quantitative estimate of drug-likeness (QED) is 0.531. The summed E-state index contributed by atoms with van der Waals surface area (Å²) < 4.78 is 4.75. The van der Waals surface area contributed by atoms with Crippen LogP contribution >= 0.6 is 0 Å². The Labute approximate surface area is 89.4 Å². The SMILES string of the molecule is N[C@@H](Cc1cnc[nH]1)C(=O)Oc1nn[nH]n1. The van der Waals surface area contributed by atoms with E-state index in [1.807, 2.05) is 0 Å². The molecule has 0 aromatic carbocycles. The lowest BCUT2D eigenvalue weighted by Gasteiger charge is -2.06. The number of esters is 1. The van der Waals surface area contributed by atoms with Crippen LogP contribution in [-0.4, -0.2) is 42.6 Å². The minimum Gasteiger partial charge on any atom is -0.387 e. The summed E-state index contributed by atoms with van der Waals surface area (Å²) in [4.78, 5) is 18.1. The number of H-pyrrole nitrogens is 2. The number of aromatic nitrogens is 6. The van der Waals surface area contributed by atoms with Gasteiger partial charge in [0.05, 0.1) is 6.33 Å². The molecule has 4 N–H and O–H groups in total. The number of carbonyl (C=O) groups is 1. The molecule has 0 bridgehead atoms. The van der Waals surface area contributed by atoms with Gasteiger partial charge in [-0.15, -0.1) is 0 Å². The molecule has 2 rings (SSSR count). The van der Waals surface area contributed by atoms with Crippen molar-refractivity contribution in [3.05, 3.63) is 18.2 Å². The van der Waals surface area contributed by atoms with Gasteiger partial charge < -0.3 is 15.5 Å². The number of rotatable bonds is 4. The number of nitrogens with zero attached hydrogens (tertiary/aromatic N) is 4. The van der Waals surface area contributed by atoms with E-state index in [2.05, 4.69) is 30.6 Å². The normalized spacial score (nSPS) is 12.3. The van der Waals surface area contributed by atoms with Crippen molar-refractivity contribution < 1.29 is 9.53 Å². The fourth-order valence-corrected chi connectivity index (χ4v) is 1.08. The van der Waals surface area contributed by atoms with E-state index in [9.17, 15) is 4.79 Å². The third-order valence-electron chi connectivity index (χ3n) is 1.82.